The maximum atomic E-state index is 11.3. The van der Waals surface area contributed by atoms with Gasteiger partial charge in [-0.25, -0.2) is 4.79 Å². The SMILES string of the molecule is CCCOC(=O)C=COc1ccc(NNc2ccc(OC)cc2)cc1. The first-order valence-corrected chi connectivity index (χ1v) is 7.97. The van der Waals surface area contributed by atoms with E-state index in [1.165, 1.54) is 12.3 Å². The maximum absolute atomic E-state index is 11.3. The molecule has 6 heteroatoms. The van der Waals surface area contributed by atoms with E-state index in [9.17, 15) is 4.79 Å². The van der Waals surface area contributed by atoms with E-state index in [-0.39, 0.29) is 0 Å². The molecule has 132 valence electrons. The minimum atomic E-state index is -0.413. The molecule has 25 heavy (non-hydrogen) atoms. The van der Waals surface area contributed by atoms with Crippen molar-refractivity contribution in [3.05, 3.63) is 60.9 Å². The predicted molar refractivity (Wildman–Crippen MR) is 97.7 cm³/mol. The minimum absolute atomic E-state index is 0.407. The molecule has 2 aromatic carbocycles. The van der Waals surface area contributed by atoms with Gasteiger partial charge in [0.2, 0.25) is 0 Å². The molecule has 0 heterocycles. The van der Waals surface area contributed by atoms with Crippen LogP contribution in [0.2, 0.25) is 0 Å². The Balaban J connectivity index is 1.79. The van der Waals surface area contributed by atoms with E-state index in [1.54, 1.807) is 19.2 Å². The number of ether oxygens (including phenoxy) is 3. The first-order chi connectivity index (χ1) is 12.2. The molecule has 0 aliphatic heterocycles. The van der Waals surface area contributed by atoms with Crippen LogP contribution in [0.1, 0.15) is 13.3 Å². The van der Waals surface area contributed by atoms with Crippen LogP contribution in [0.25, 0.3) is 0 Å². The molecule has 0 aromatic heterocycles. The third-order valence-corrected chi connectivity index (χ3v) is 3.15. The lowest BCUT2D eigenvalue weighted by Gasteiger charge is -2.10. The number of nitrogens with one attached hydrogen (secondary N) is 2. The first-order valence-electron chi connectivity index (χ1n) is 7.97. The van der Waals surface area contributed by atoms with E-state index < -0.39 is 5.97 Å². The summed E-state index contributed by atoms with van der Waals surface area (Å²) in [7, 11) is 1.63. The molecule has 2 aromatic rings. The number of esters is 1. The van der Waals surface area contributed by atoms with Crippen LogP contribution in [0.3, 0.4) is 0 Å². The van der Waals surface area contributed by atoms with Crippen molar-refractivity contribution in [2.24, 2.45) is 0 Å². The van der Waals surface area contributed by atoms with Crippen molar-refractivity contribution in [3.63, 3.8) is 0 Å². The van der Waals surface area contributed by atoms with Crippen molar-refractivity contribution in [3.8, 4) is 11.5 Å². The Labute approximate surface area is 147 Å². The Morgan fingerprint density at radius 3 is 2.04 bits per heavy atom. The third-order valence-electron chi connectivity index (χ3n) is 3.15. The van der Waals surface area contributed by atoms with Gasteiger partial charge in [0.15, 0.2) is 0 Å². The Hall–Kier alpha value is -3.15. The minimum Gasteiger partial charge on any atom is -0.497 e. The number of benzene rings is 2. The average molecular weight is 342 g/mol. The van der Waals surface area contributed by atoms with E-state index in [0.717, 1.165) is 23.5 Å². The van der Waals surface area contributed by atoms with Gasteiger partial charge in [0.1, 0.15) is 11.5 Å². The zero-order chi connectivity index (χ0) is 17.9. The summed E-state index contributed by atoms with van der Waals surface area (Å²) in [6, 6.07) is 14.9. The molecule has 6 nitrogen and oxygen atoms in total. The number of carbonyl (C=O) groups excluding carboxylic acids is 1. The highest BCUT2D eigenvalue weighted by Gasteiger charge is 1.97. The predicted octanol–water partition coefficient (Wildman–Crippen LogP) is 3.98. The van der Waals surface area contributed by atoms with Gasteiger partial charge in [0.25, 0.3) is 0 Å². The fraction of sp³-hybridized carbons (Fsp3) is 0.211. The first kappa shape index (κ1) is 18.2. The van der Waals surface area contributed by atoms with Gasteiger partial charge in [0, 0.05) is 0 Å². The van der Waals surface area contributed by atoms with Gasteiger partial charge in [-0.15, -0.1) is 0 Å². The smallest absolute Gasteiger partial charge is 0.333 e. The number of methoxy groups -OCH3 is 1. The second-order valence-electron chi connectivity index (χ2n) is 5.09. The number of hydrogen-bond donors (Lipinski definition) is 2. The number of carbonyl (C=O) groups is 1. The molecular formula is C19H22N2O4. The molecule has 0 atom stereocenters. The summed E-state index contributed by atoms with van der Waals surface area (Å²) in [6.45, 7) is 2.34. The largest absolute Gasteiger partial charge is 0.497 e. The summed E-state index contributed by atoms with van der Waals surface area (Å²) in [5.41, 5.74) is 7.95. The lowest BCUT2D eigenvalue weighted by Crippen LogP contribution is -2.08. The standard InChI is InChI=1S/C19H22N2O4/c1-3-13-25-19(22)12-14-24-18-10-6-16(7-11-18)21-20-15-4-8-17(23-2)9-5-15/h4-12,14,20-21H,3,13H2,1-2H3. The van der Waals surface area contributed by atoms with E-state index in [1.807, 2.05) is 43.3 Å². The van der Waals surface area contributed by atoms with Crippen molar-refractivity contribution in [2.45, 2.75) is 13.3 Å². The quantitative estimate of drug-likeness (QED) is 0.311. The molecule has 0 bridgehead atoms. The van der Waals surface area contributed by atoms with Crippen LogP contribution in [0.15, 0.2) is 60.9 Å². The molecule has 0 radical (unpaired) electrons. The van der Waals surface area contributed by atoms with Crippen molar-refractivity contribution < 1.29 is 19.0 Å². The molecule has 0 unspecified atom stereocenters. The molecule has 0 saturated carbocycles. The van der Waals surface area contributed by atoms with E-state index in [0.29, 0.717) is 12.4 Å². The van der Waals surface area contributed by atoms with Crippen molar-refractivity contribution in [1.29, 1.82) is 0 Å². The second kappa shape index (κ2) is 9.87. The molecule has 0 aliphatic carbocycles. The average Bonchev–Trinajstić information content (AvgIpc) is 2.66. The number of hydrazine groups is 1. The molecule has 0 fully saturated rings. The highest BCUT2D eigenvalue weighted by atomic mass is 16.5. The molecule has 2 N–H and O–H groups in total. The zero-order valence-corrected chi connectivity index (χ0v) is 14.3. The van der Waals surface area contributed by atoms with Crippen molar-refractivity contribution >= 4 is 17.3 Å². The fourth-order valence-electron chi connectivity index (χ4n) is 1.85. The van der Waals surface area contributed by atoms with Gasteiger partial charge in [-0.2, -0.15) is 0 Å². The van der Waals surface area contributed by atoms with Crippen molar-refractivity contribution in [1.82, 2.24) is 0 Å². The molecule has 0 saturated heterocycles. The van der Waals surface area contributed by atoms with Crippen LogP contribution >= 0.6 is 0 Å². The van der Waals surface area contributed by atoms with Gasteiger partial charge in [-0.1, -0.05) is 6.92 Å². The molecule has 0 amide bonds. The van der Waals surface area contributed by atoms with Gasteiger partial charge in [-0.05, 0) is 55.0 Å². The summed E-state index contributed by atoms with van der Waals surface area (Å²) >= 11 is 0. The van der Waals surface area contributed by atoms with E-state index >= 15 is 0 Å². The lowest BCUT2D eigenvalue weighted by atomic mass is 10.3. The molecular weight excluding hydrogens is 320 g/mol. The number of anilines is 2. The van der Waals surface area contributed by atoms with Crippen LogP contribution in [0.5, 0.6) is 11.5 Å². The highest BCUT2D eigenvalue weighted by molar-refractivity contribution is 5.81. The van der Waals surface area contributed by atoms with Crippen molar-refractivity contribution in [2.75, 3.05) is 24.6 Å². The van der Waals surface area contributed by atoms with E-state index in [4.69, 9.17) is 14.2 Å². The van der Waals surface area contributed by atoms with E-state index in [2.05, 4.69) is 10.9 Å². The monoisotopic (exact) mass is 342 g/mol. The Morgan fingerprint density at radius 2 is 1.52 bits per heavy atom. The zero-order valence-electron chi connectivity index (χ0n) is 14.3. The summed E-state index contributed by atoms with van der Waals surface area (Å²) in [5, 5.41) is 0. The normalized spacial score (nSPS) is 10.3. The third kappa shape index (κ3) is 6.47. The Bertz CT molecular complexity index is 682. The number of hydrogen-bond acceptors (Lipinski definition) is 6. The topological polar surface area (TPSA) is 68.8 Å². The van der Waals surface area contributed by atoms with Crippen LogP contribution < -0.4 is 20.3 Å². The highest BCUT2D eigenvalue weighted by Crippen LogP contribution is 2.18. The molecule has 2 rings (SSSR count). The number of rotatable bonds is 9. The fourth-order valence-corrected chi connectivity index (χ4v) is 1.85. The Kier molecular flexibility index (Phi) is 7.18. The second-order valence-corrected chi connectivity index (χ2v) is 5.09. The van der Waals surface area contributed by atoms with Gasteiger partial charge >= 0.3 is 5.97 Å². The van der Waals surface area contributed by atoms with Crippen LogP contribution in [0, 0.1) is 0 Å². The summed E-state index contributed by atoms with van der Waals surface area (Å²) < 4.78 is 15.4. The lowest BCUT2D eigenvalue weighted by molar-refractivity contribution is -0.137. The summed E-state index contributed by atoms with van der Waals surface area (Å²) in [5.74, 6) is 1.01. The summed E-state index contributed by atoms with van der Waals surface area (Å²) in [4.78, 5) is 11.3. The molecule has 0 spiro atoms. The van der Waals surface area contributed by atoms with Crippen LogP contribution in [-0.2, 0) is 9.53 Å². The van der Waals surface area contributed by atoms with Crippen LogP contribution in [0.4, 0.5) is 11.4 Å². The molecule has 0 aliphatic rings. The summed E-state index contributed by atoms with van der Waals surface area (Å²) in [6.07, 6.45) is 3.36. The van der Waals surface area contributed by atoms with Crippen LogP contribution in [-0.4, -0.2) is 19.7 Å². The Morgan fingerprint density at radius 1 is 0.960 bits per heavy atom. The maximum Gasteiger partial charge on any atom is 0.333 e. The van der Waals surface area contributed by atoms with Gasteiger partial charge < -0.3 is 25.1 Å². The van der Waals surface area contributed by atoms with Gasteiger partial charge in [0.05, 0.1) is 37.4 Å². The van der Waals surface area contributed by atoms with Gasteiger partial charge in [-0.3, -0.25) is 0 Å².